The van der Waals surface area contributed by atoms with Gasteiger partial charge in [0.1, 0.15) is 25.6 Å². The Morgan fingerprint density at radius 2 is 1.90 bits per heavy atom. The van der Waals surface area contributed by atoms with E-state index in [1.807, 2.05) is 25.1 Å². The normalized spacial score (nSPS) is 11.1. The average molecular weight is 399 g/mol. The molecule has 0 atom stereocenters. The standard InChI is InChI=1S/C20H21N3O6/c1-14-3-4-16(21)18(11-14)26-9-10-27-19-12-15-5-6-22-17(15)13-20(19)29-28-8-2-7-23(24)25/h2-7,11-13,22H,8-10,21H2,1H3. The highest BCUT2D eigenvalue weighted by atomic mass is 17.2. The number of anilines is 1. The van der Waals surface area contributed by atoms with Crippen molar-refractivity contribution in [1.29, 1.82) is 0 Å². The maximum absolute atomic E-state index is 10.3. The summed E-state index contributed by atoms with van der Waals surface area (Å²) in [7, 11) is 0. The first-order valence-corrected chi connectivity index (χ1v) is 8.85. The van der Waals surface area contributed by atoms with E-state index >= 15 is 0 Å². The van der Waals surface area contributed by atoms with Gasteiger partial charge in [-0.2, -0.15) is 4.89 Å². The zero-order chi connectivity index (χ0) is 20.6. The minimum Gasteiger partial charge on any atom is -0.488 e. The number of aromatic nitrogens is 1. The lowest BCUT2D eigenvalue weighted by Crippen LogP contribution is -2.11. The molecule has 3 rings (SSSR count). The number of aromatic amines is 1. The number of benzene rings is 2. The van der Waals surface area contributed by atoms with Gasteiger partial charge in [0.15, 0.2) is 5.75 Å². The van der Waals surface area contributed by atoms with Crippen LogP contribution in [-0.4, -0.2) is 29.7 Å². The Morgan fingerprint density at radius 3 is 2.69 bits per heavy atom. The van der Waals surface area contributed by atoms with Gasteiger partial charge in [-0.15, -0.1) is 0 Å². The minimum absolute atomic E-state index is 0.0844. The fraction of sp³-hybridized carbons (Fsp3) is 0.200. The Kier molecular flexibility index (Phi) is 6.54. The van der Waals surface area contributed by atoms with Crippen LogP contribution in [0.5, 0.6) is 17.2 Å². The van der Waals surface area contributed by atoms with Crippen molar-refractivity contribution in [3.63, 3.8) is 0 Å². The van der Waals surface area contributed by atoms with Gasteiger partial charge in [-0.1, -0.05) is 6.07 Å². The molecular formula is C20H21N3O6. The molecule has 1 aromatic heterocycles. The maximum Gasteiger partial charge on any atom is 0.232 e. The van der Waals surface area contributed by atoms with Crippen LogP contribution in [0.3, 0.4) is 0 Å². The molecule has 0 unspecified atom stereocenters. The SMILES string of the molecule is Cc1ccc(N)c(OCCOc2cc3cc[nH]c3cc2OOCC=C[N+](=O)[O-])c1. The van der Waals surface area contributed by atoms with E-state index in [1.165, 1.54) is 6.08 Å². The van der Waals surface area contributed by atoms with Gasteiger partial charge in [-0.25, -0.2) is 0 Å². The smallest absolute Gasteiger partial charge is 0.232 e. The average Bonchev–Trinajstić information content (AvgIpc) is 3.14. The molecule has 0 radical (unpaired) electrons. The maximum atomic E-state index is 10.3. The first kappa shape index (κ1) is 20.0. The van der Waals surface area contributed by atoms with Gasteiger partial charge in [0, 0.05) is 29.2 Å². The molecule has 0 saturated heterocycles. The molecule has 0 fully saturated rings. The van der Waals surface area contributed by atoms with Crippen LogP contribution in [0.25, 0.3) is 10.9 Å². The summed E-state index contributed by atoms with van der Waals surface area (Å²) in [6.45, 7) is 2.41. The number of nitrogen functional groups attached to an aromatic ring is 1. The van der Waals surface area contributed by atoms with Crippen LogP contribution in [0.4, 0.5) is 5.69 Å². The molecule has 0 bridgehead atoms. The van der Waals surface area contributed by atoms with Gasteiger partial charge < -0.3 is 25.1 Å². The predicted molar refractivity (Wildman–Crippen MR) is 108 cm³/mol. The largest absolute Gasteiger partial charge is 0.488 e. The van der Waals surface area contributed by atoms with Crippen LogP contribution < -0.4 is 20.1 Å². The Morgan fingerprint density at radius 1 is 1.10 bits per heavy atom. The van der Waals surface area contributed by atoms with Crippen molar-refractivity contribution < 1.29 is 24.2 Å². The van der Waals surface area contributed by atoms with Crippen LogP contribution in [0.2, 0.25) is 0 Å². The minimum atomic E-state index is -0.579. The van der Waals surface area contributed by atoms with Crippen molar-refractivity contribution in [3.05, 3.63) is 70.5 Å². The second-order valence-corrected chi connectivity index (χ2v) is 6.14. The summed E-state index contributed by atoms with van der Waals surface area (Å²) >= 11 is 0. The Bertz CT molecular complexity index is 1010. The first-order valence-electron chi connectivity index (χ1n) is 8.85. The van der Waals surface area contributed by atoms with Crippen molar-refractivity contribution >= 4 is 16.6 Å². The second kappa shape index (κ2) is 9.47. The topological polar surface area (TPSA) is 122 Å². The van der Waals surface area contributed by atoms with Gasteiger partial charge in [0.2, 0.25) is 11.9 Å². The molecule has 3 N–H and O–H groups in total. The number of nitrogens with two attached hydrogens (primary N) is 1. The summed E-state index contributed by atoms with van der Waals surface area (Å²) in [4.78, 5) is 23.0. The molecule has 0 aliphatic carbocycles. The van der Waals surface area contributed by atoms with Crippen molar-refractivity contribution in [2.75, 3.05) is 25.6 Å². The summed E-state index contributed by atoms with van der Waals surface area (Å²) in [5.41, 5.74) is 8.34. The highest BCUT2D eigenvalue weighted by Crippen LogP contribution is 2.32. The molecule has 1 heterocycles. The van der Waals surface area contributed by atoms with E-state index in [1.54, 1.807) is 24.4 Å². The molecule has 0 spiro atoms. The number of hydrogen-bond acceptors (Lipinski definition) is 7. The molecule has 2 aromatic carbocycles. The van der Waals surface area contributed by atoms with Crippen molar-refractivity contribution in [3.8, 4) is 17.2 Å². The number of nitrogens with one attached hydrogen (secondary N) is 1. The van der Waals surface area contributed by atoms with E-state index in [9.17, 15) is 10.1 Å². The third-order valence-electron chi connectivity index (χ3n) is 3.93. The monoisotopic (exact) mass is 399 g/mol. The Labute approximate surface area is 166 Å². The molecule has 0 aliphatic heterocycles. The molecular weight excluding hydrogens is 378 g/mol. The van der Waals surface area contributed by atoms with E-state index in [4.69, 9.17) is 25.0 Å². The summed E-state index contributed by atoms with van der Waals surface area (Å²) in [6, 6.07) is 11.0. The van der Waals surface area contributed by atoms with Gasteiger partial charge in [-0.3, -0.25) is 10.1 Å². The number of H-pyrrole nitrogens is 1. The van der Waals surface area contributed by atoms with Crippen LogP contribution >= 0.6 is 0 Å². The van der Waals surface area contributed by atoms with Crippen molar-refractivity contribution in [2.24, 2.45) is 0 Å². The van der Waals surface area contributed by atoms with E-state index < -0.39 is 4.92 Å². The molecule has 9 heteroatoms. The molecule has 152 valence electrons. The molecule has 9 nitrogen and oxygen atoms in total. The van der Waals surface area contributed by atoms with Gasteiger partial charge in [-0.05, 0) is 36.8 Å². The lowest BCUT2D eigenvalue weighted by molar-refractivity contribution is -0.403. The summed E-state index contributed by atoms with van der Waals surface area (Å²) in [5, 5.41) is 11.2. The fourth-order valence-electron chi connectivity index (χ4n) is 2.57. The lowest BCUT2D eigenvalue weighted by Gasteiger charge is -2.13. The number of aryl methyl sites for hydroxylation is 1. The molecule has 0 aliphatic rings. The summed E-state index contributed by atoms with van der Waals surface area (Å²) in [5.74, 6) is 1.40. The number of ether oxygens (including phenoxy) is 2. The number of nitro groups is 1. The Hall–Kier alpha value is -3.72. The summed E-state index contributed by atoms with van der Waals surface area (Å²) in [6.07, 6.45) is 3.81. The van der Waals surface area contributed by atoms with Crippen LogP contribution in [0.1, 0.15) is 5.56 Å². The van der Waals surface area contributed by atoms with Crippen molar-refractivity contribution in [1.82, 2.24) is 4.98 Å². The summed E-state index contributed by atoms with van der Waals surface area (Å²) < 4.78 is 11.5. The highest BCUT2D eigenvalue weighted by Gasteiger charge is 2.10. The molecule has 0 saturated carbocycles. The predicted octanol–water partition coefficient (Wildman–Crippen LogP) is 3.62. The van der Waals surface area contributed by atoms with Gasteiger partial charge in [0.25, 0.3) is 0 Å². The number of nitrogens with zero attached hydrogens (tertiary/aromatic N) is 1. The van der Waals surface area contributed by atoms with Gasteiger partial charge >= 0.3 is 0 Å². The van der Waals surface area contributed by atoms with E-state index in [0.29, 0.717) is 22.9 Å². The van der Waals surface area contributed by atoms with E-state index in [0.717, 1.165) is 22.7 Å². The third-order valence-corrected chi connectivity index (χ3v) is 3.93. The van der Waals surface area contributed by atoms with E-state index in [-0.39, 0.29) is 19.8 Å². The molecule has 3 aromatic rings. The fourth-order valence-corrected chi connectivity index (χ4v) is 2.57. The van der Waals surface area contributed by atoms with Crippen LogP contribution in [0.15, 0.2) is 54.9 Å². The first-order chi connectivity index (χ1) is 14.0. The zero-order valence-electron chi connectivity index (χ0n) is 15.8. The zero-order valence-corrected chi connectivity index (χ0v) is 15.8. The highest BCUT2D eigenvalue weighted by molar-refractivity contribution is 5.83. The lowest BCUT2D eigenvalue weighted by atomic mass is 10.2. The number of hydrogen-bond donors (Lipinski definition) is 2. The molecule has 29 heavy (non-hydrogen) atoms. The second-order valence-electron chi connectivity index (χ2n) is 6.14. The molecule has 0 amide bonds. The van der Waals surface area contributed by atoms with Crippen molar-refractivity contribution in [2.45, 2.75) is 6.92 Å². The van der Waals surface area contributed by atoms with E-state index in [2.05, 4.69) is 4.98 Å². The Balaban J connectivity index is 1.60. The van der Waals surface area contributed by atoms with Crippen LogP contribution in [0, 0.1) is 17.0 Å². The van der Waals surface area contributed by atoms with Gasteiger partial charge in [0.05, 0.1) is 10.6 Å². The third kappa shape index (κ3) is 5.63. The number of rotatable bonds is 10. The van der Waals surface area contributed by atoms with Crippen LogP contribution in [-0.2, 0) is 4.89 Å². The quantitative estimate of drug-likeness (QED) is 0.175. The number of fused-ring (bicyclic) bond motifs is 1.